The number of ether oxygens (including phenoxy) is 3. The minimum absolute atomic E-state index is 0.0219. The molecule has 1 aliphatic carbocycles. The second-order valence-corrected chi connectivity index (χ2v) is 5.22. The summed E-state index contributed by atoms with van der Waals surface area (Å²) in [4.78, 5) is 8.12. The summed E-state index contributed by atoms with van der Waals surface area (Å²) in [6, 6.07) is 1.48. The van der Waals surface area contributed by atoms with Crippen molar-refractivity contribution in [1.29, 1.82) is 0 Å². The number of hydrogen-bond acceptors (Lipinski definition) is 8. The van der Waals surface area contributed by atoms with E-state index in [9.17, 15) is 0 Å². The number of aromatic nitrogens is 4. The van der Waals surface area contributed by atoms with Crippen LogP contribution < -0.4 is 14.2 Å². The standard InChI is InChI=1S/C14H17FN4O4/c1-8-18-19-12(22-8)14(15)6-4-5-9(14)23-13-16-10(20-2)7-11(17-13)21-3/h7,9H,4-6H2,1-3H3. The number of alkyl halides is 1. The predicted molar refractivity (Wildman–Crippen MR) is 75.2 cm³/mol. The van der Waals surface area contributed by atoms with Crippen molar-refractivity contribution in [1.82, 2.24) is 20.2 Å². The SMILES string of the molecule is COc1cc(OC)nc(OC2CCCC2(F)c2nnc(C)o2)n1. The lowest BCUT2D eigenvalue weighted by Crippen LogP contribution is -2.35. The highest BCUT2D eigenvalue weighted by Gasteiger charge is 2.51. The van der Waals surface area contributed by atoms with Gasteiger partial charge in [-0.25, -0.2) is 4.39 Å². The van der Waals surface area contributed by atoms with Crippen molar-refractivity contribution in [2.45, 2.75) is 38.0 Å². The maximum atomic E-state index is 15.3. The Bertz CT molecular complexity index is 673. The molecule has 0 bridgehead atoms. The highest BCUT2D eigenvalue weighted by Crippen LogP contribution is 2.43. The molecular formula is C14H17FN4O4. The van der Waals surface area contributed by atoms with E-state index in [2.05, 4.69) is 20.2 Å². The first-order valence-corrected chi connectivity index (χ1v) is 7.18. The van der Waals surface area contributed by atoms with E-state index in [4.69, 9.17) is 18.6 Å². The highest BCUT2D eigenvalue weighted by atomic mass is 19.1. The fourth-order valence-electron chi connectivity index (χ4n) is 2.57. The first-order valence-electron chi connectivity index (χ1n) is 7.18. The summed E-state index contributed by atoms with van der Waals surface area (Å²) in [6.45, 7) is 1.61. The van der Waals surface area contributed by atoms with Gasteiger partial charge in [-0.3, -0.25) is 0 Å². The maximum Gasteiger partial charge on any atom is 0.323 e. The van der Waals surface area contributed by atoms with Gasteiger partial charge in [-0.15, -0.1) is 10.2 Å². The van der Waals surface area contributed by atoms with Crippen LogP contribution in [0.3, 0.4) is 0 Å². The molecular weight excluding hydrogens is 307 g/mol. The third-order valence-electron chi connectivity index (χ3n) is 3.72. The van der Waals surface area contributed by atoms with E-state index in [1.54, 1.807) is 6.92 Å². The average molecular weight is 324 g/mol. The number of methoxy groups -OCH3 is 2. The monoisotopic (exact) mass is 324 g/mol. The molecule has 9 heteroatoms. The number of hydrogen-bond donors (Lipinski definition) is 0. The molecule has 2 aromatic rings. The normalized spacial score (nSPS) is 23.7. The molecule has 0 N–H and O–H groups in total. The minimum atomic E-state index is -1.86. The average Bonchev–Trinajstić information content (AvgIpc) is 3.14. The summed E-state index contributed by atoms with van der Waals surface area (Å²) in [7, 11) is 2.92. The van der Waals surface area contributed by atoms with Crippen molar-refractivity contribution in [2.75, 3.05) is 14.2 Å². The van der Waals surface area contributed by atoms with Crippen molar-refractivity contribution < 1.29 is 23.0 Å². The van der Waals surface area contributed by atoms with Gasteiger partial charge in [0.1, 0.15) is 6.10 Å². The molecule has 2 heterocycles. The Kier molecular flexibility index (Phi) is 4.01. The van der Waals surface area contributed by atoms with E-state index in [-0.39, 0.29) is 30.1 Å². The Balaban J connectivity index is 1.87. The first-order chi connectivity index (χ1) is 11.0. The van der Waals surface area contributed by atoms with Gasteiger partial charge in [0.05, 0.1) is 20.3 Å². The van der Waals surface area contributed by atoms with Gasteiger partial charge in [-0.2, -0.15) is 9.97 Å². The van der Waals surface area contributed by atoms with Gasteiger partial charge in [0.15, 0.2) is 0 Å². The molecule has 1 fully saturated rings. The molecule has 0 spiro atoms. The van der Waals surface area contributed by atoms with Crippen molar-refractivity contribution >= 4 is 0 Å². The van der Waals surface area contributed by atoms with Gasteiger partial charge in [0.2, 0.25) is 23.3 Å². The van der Waals surface area contributed by atoms with Crippen LogP contribution >= 0.6 is 0 Å². The number of aryl methyl sites for hydroxylation is 1. The fourth-order valence-corrected chi connectivity index (χ4v) is 2.57. The van der Waals surface area contributed by atoms with E-state index < -0.39 is 11.8 Å². The third kappa shape index (κ3) is 2.90. The fraction of sp³-hybridized carbons (Fsp3) is 0.571. The summed E-state index contributed by atoms with van der Waals surface area (Å²) in [5.74, 6) is 0.764. The van der Waals surface area contributed by atoms with Gasteiger partial charge in [-0.05, 0) is 19.3 Å². The van der Waals surface area contributed by atoms with Gasteiger partial charge in [-0.1, -0.05) is 0 Å². The van der Waals surface area contributed by atoms with Crippen LogP contribution in [-0.2, 0) is 5.67 Å². The van der Waals surface area contributed by atoms with Crippen molar-refractivity contribution in [3.05, 3.63) is 17.8 Å². The van der Waals surface area contributed by atoms with E-state index in [1.807, 2.05) is 0 Å². The summed E-state index contributed by atoms with van der Waals surface area (Å²) in [6.07, 6.45) is 0.532. The lowest BCUT2D eigenvalue weighted by molar-refractivity contribution is 0.00320. The minimum Gasteiger partial charge on any atom is -0.481 e. The van der Waals surface area contributed by atoms with Gasteiger partial charge in [0.25, 0.3) is 5.89 Å². The Labute approximate surface area is 132 Å². The van der Waals surface area contributed by atoms with E-state index >= 15 is 4.39 Å². The molecule has 2 unspecified atom stereocenters. The molecule has 1 saturated carbocycles. The molecule has 0 radical (unpaired) electrons. The van der Waals surface area contributed by atoms with Crippen LogP contribution in [0.5, 0.6) is 17.8 Å². The maximum absolute atomic E-state index is 15.3. The van der Waals surface area contributed by atoms with Crippen molar-refractivity contribution in [3.8, 4) is 17.8 Å². The Morgan fingerprint density at radius 1 is 1.22 bits per heavy atom. The van der Waals surface area contributed by atoms with Crippen LogP contribution in [-0.4, -0.2) is 40.5 Å². The second-order valence-electron chi connectivity index (χ2n) is 5.22. The molecule has 8 nitrogen and oxygen atoms in total. The molecule has 0 amide bonds. The Morgan fingerprint density at radius 2 is 1.91 bits per heavy atom. The molecule has 124 valence electrons. The molecule has 2 aromatic heterocycles. The molecule has 0 saturated heterocycles. The van der Waals surface area contributed by atoms with Crippen LogP contribution in [0.25, 0.3) is 0 Å². The smallest absolute Gasteiger partial charge is 0.323 e. The van der Waals surface area contributed by atoms with Crippen molar-refractivity contribution in [3.63, 3.8) is 0 Å². The van der Waals surface area contributed by atoms with Gasteiger partial charge in [0, 0.05) is 6.92 Å². The van der Waals surface area contributed by atoms with Crippen LogP contribution in [0.15, 0.2) is 10.5 Å². The highest BCUT2D eigenvalue weighted by molar-refractivity contribution is 5.23. The van der Waals surface area contributed by atoms with Crippen LogP contribution in [0.4, 0.5) is 4.39 Å². The molecule has 0 aliphatic heterocycles. The first kappa shape index (κ1) is 15.4. The van der Waals surface area contributed by atoms with Crippen LogP contribution in [0.1, 0.15) is 31.0 Å². The van der Waals surface area contributed by atoms with E-state index in [1.165, 1.54) is 20.3 Å². The number of rotatable bonds is 5. The summed E-state index contributed by atoms with van der Waals surface area (Å²) in [5.41, 5.74) is -1.86. The van der Waals surface area contributed by atoms with Crippen LogP contribution in [0.2, 0.25) is 0 Å². The topological polar surface area (TPSA) is 92.4 Å². The molecule has 1 aliphatic rings. The van der Waals surface area contributed by atoms with Gasteiger partial charge < -0.3 is 18.6 Å². The number of nitrogens with zero attached hydrogens (tertiary/aromatic N) is 4. The summed E-state index contributed by atoms with van der Waals surface area (Å²) >= 11 is 0. The van der Waals surface area contributed by atoms with Gasteiger partial charge >= 0.3 is 6.01 Å². The second kappa shape index (κ2) is 5.98. The zero-order chi connectivity index (χ0) is 16.4. The summed E-state index contributed by atoms with van der Waals surface area (Å²) < 4.78 is 36.4. The largest absolute Gasteiger partial charge is 0.481 e. The molecule has 0 aromatic carbocycles. The lowest BCUT2D eigenvalue weighted by atomic mass is 10.0. The van der Waals surface area contributed by atoms with E-state index in [0.29, 0.717) is 18.7 Å². The molecule has 2 atom stereocenters. The number of halogens is 1. The lowest BCUT2D eigenvalue weighted by Gasteiger charge is -2.23. The Morgan fingerprint density at radius 3 is 2.48 bits per heavy atom. The predicted octanol–water partition coefficient (Wildman–Crippen LogP) is 1.98. The zero-order valence-corrected chi connectivity index (χ0v) is 13.1. The van der Waals surface area contributed by atoms with E-state index in [0.717, 1.165) is 0 Å². The zero-order valence-electron chi connectivity index (χ0n) is 13.1. The molecule has 23 heavy (non-hydrogen) atoms. The van der Waals surface area contributed by atoms with Crippen LogP contribution in [0, 0.1) is 6.92 Å². The molecule has 3 rings (SSSR count). The van der Waals surface area contributed by atoms with Crippen molar-refractivity contribution in [2.24, 2.45) is 0 Å². The third-order valence-corrected chi connectivity index (χ3v) is 3.72. The summed E-state index contributed by atoms with van der Waals surface area (Å²) in [5, 5.41) is 7.49. The Hall–Kier alpha value is -2.45. The quantitative estimate of drug-likeness (QED) is 0.824.